The lowest BCUT2D eigenvalue weighted by atomic mass is 10.1. The lowest BCUT2D eigenvalue weighted by Gasteiger charge is -2.10. The molecule has 0 bridgehead atoms. The highest BCUT2D eigenvalue weighted by atomic mass is 19.4. The standard InChI is InChI=1S/C13H11F3N2O2/c1-8(12(19)20)4-5-18-11-3-2-10(13(14,15)16)6-9(11)7-17/h2-4,6,18H,5H2,1H3,(H,19,20)/b8-4-. The summed E-state index contributed by atoms with van der Waals surface area (Å²) in [4.78, 5) is 10.5. The normalized spacial score (nSPS) is 11.8. The fourth-order valence-electron chi connectivity index (χ4n) is 1.37. The van der Waals surface area contributed by atoms with E-state index >= 15 is 0 Å². The zero-order chi connectivity index (χ0) is 15.3. The maximum Gasteiger partial charge on any atom is 0.416 e. The summed E-state index contributed by atoms with van der Waals surface area (Å²) in [5, 5.41) is 20.2. The molecule has 0 saturated carbocycles. The number of hydrogen-bond donors (Lipinski definition) is 2. The van der Waals surface area contributed by atoms with E-state index in [1.54, 1.807) is 6.07 Å². The highest BCUT2D eigenvalue weighted by molar-refractivity contribution is 5.85. The van der Waals surface area contributed by atoms with Gasteiger partial charge >= 0.3 is 12.1 Å². The van der Waals surface area contributed by atoms with Crippen molar-refractivity contribution < 1.29 is 23.1 Å². The third-order valence-electron chi connectivity index (χ3n) is 2.51. The molecule has 0 fully saturated rings. The van der Waals surface area contributed by atoms with Crippen LogP contribution in [0.5, 0.6) is 0 Å². The Labute approximate surface area is 113 Å². The number of alkyl halides is 3. The van der Waals surface area contributed by atoms with E-state index in [1.165, 1.54) is 13.0 Å². The maximum atomic E-state index is 12.5. The van der Waals surface area contributed by atoms with Crippen molar-refractivity contribution in [3.8, 4) is 6.07 Å². The number of nitriles is 1. The molecule has 0 unspecified atom stereocenters. The van der Waals surface area contributed by atoms with Crippen molar-refractivity contribution in [3.63, 3.8) is 0 Å². The minimum absolute atomic E-state index is 0.0954. The molecule has 0 radical (unpaired) electrons. The Kier molecular flexibility index (Phi) is 4.75. The van der Waals surface area contributed by atoms with Crippen LogP contribution in [0.15, 0.2) is 29.8 Å². The van der Waals surface area contributed by atoms with E-state index in [9.17, 15) is 18.0 Å². The molecule has 0 aliphatic heterocycles. The maximum absolute atomic E-state index is 12.5. The van der Waals surface area contributed by atoms with E-state index < -0.39 is 17.7 Å². The zero-order valence-electron chi connectivity index (χ0n) is 10.5. The minimum Gasteiger partial charge on any atom is -0.478 e. The van der Waals surface area contributed by atoms with Crippen LogP contribution < -0.4 is 5.32 Å². The third kappa shape index (κ3) is 4.02. The first-order chi connectivity index (χ1) is 9.25. The summed E-state index contributed by atoms with van der Waals surface area (Å²) in [5.41, 5.74) is -0.740. The number of carbonyl (C=O) groups is 1. The van der Waals surface area contributed by atoms with Crippen LogP contribution in [-0.2, 0) is 11.0 Å². The molecule has 1 rings (SSSR count). The Morgan fingerprint density at radius 2 is 2.15 bits per heavy atom. The molecule has 0 heterocycles. The average molecular weight is 284 g/mol. The summed E-state index contributed by atoms with van der Waals surface area (Å²) in [5.74, 6) is -1.08. The number of carboxylic acids is 1. The summed E-state index contributed by atoms with van der Waals surface area (Å²) >= 11 is 0. The first-order valence-electron chi connectivity index (χ1n) is 5.51. The second-order valence-corrected chi connectivity index (χ2v) is 3.94. The van der Waals surface area contributed by atoms with Gasteiger partial charge in [0.2, 0.25) is 0 Å². The van der Waals surface area contributed by atoms with Gasteiger partial charge in [-0.1, -0.05) is 6.08 Å². The van der Waals surface area contributed by atoms with Gasteiger partial charge < -0.3 is 10.4 Å². The van der Waals surface area contributed by atoms with Crippen LogP contribution in [0.25, 0.3) is 0 Å². The van der Waals surface area contributed by atoms with Crippen molar-refractivity contribution in [2.24, 2.45) is 0 Å². The van der Waals surface area contributed by atoms with Crippen molar-refractivity contribution >= 4 is 11.7 Å². The molecule has 20 heavy (non-hydrogen) atoms. The van der Waals surface area contributed by atoms with Crippen LogP contribution in [-0.4, -0.2) is 17.6 Å². The quantitative estimate of drug-likeness (QED) is 0.833. The number of anilines is 1. The summed E-state index contributed by atoms with van der Waals surface area (Å²) < 4.78 is 37.4. The summed E-state index contributed by atoms with van der Waals surface area (Å²) in [6, 6.07) is 4.42. The fraction of sp³-hybridized carbons (Fsp3) is 0.231. The van der Waals surface area contributed by atoms with Crippen LogP contribution >= 0.6 is 0 Å². The first-order valence-corrected chi connectivity index (χ1v) is 5.51. The zero-order valence-corrected chi connectivity index (χ0v) is 10.5. The van der Waals surface area contributed by atoms with Gasteiger partial charge in [0.25, 0.3) is 0 Å². The smallest absolute Gasteiger partial charge is 0.416 e. The van der Waals surface area contributed by atoms with Gasteiger partial charge in [-0.3, -0.25) is 0 Å². The molecule has 1 aromatic carbocycles. The molecule has 0 amide bonds. The van der Waals surface area contributed by atoms with Gasteiger partial charge in [-0.2, -0.15) is 18.4 Å². The van der Waals surface area contributed by atoms with Gasteiger partial charge in [0, 0.05) is 12.1 Å². The molecule has 106 valence electrons. The Morgan fingerprint density at radius 1 is 1.50 bits per heavy atom. The lowest BCUT2D eigenvalue weighted by Crippen LogP contribution is -2.08. The fourth-order valence-corrected chi connectivity index (χ4v) is 1.37. The number of aliphatic carboxylic acids is 1. The molecule has 4 nitrogen and oxygen atoms in total. The molecule has 0 atom stereocenters. The molecule has 0 saturated heterocycles. The molecular formula is C13H11F3N2O2. The van der Waals surface area contributed by atoms with Crippen LogP contribution in [0, 0.1) is 11.3 Å². The van der Waals surface area contributed by atoms with Gasteiger partial charge in [-0.05, 0) is 25.1 Å². The molecule has 0 aliphatic rings. The third-order valence-corrected chi connectivity index (χ3v) is 2.51. The Balaban J connectivity index is 2.90. The van der Waals surface area contributed by atoms with Crippen molar-refractivity contribution in [3.05, 3.63) is 41.0 Å². The first kappa shape index (κ1) is 15.6. The van der Waals surface area contributed by atoms with Crippen LogP contribution in [0.2, 0.25) is 0 Å². The van der Waals surface area contributed by atoms with Gasteiger partial charge in [-0.15, -0.1) is 0 Å². The number of nitrogens with zero attached hydrogens (tertiary/aromatic N) is 1. The average Bonchev–Trinajstić information content (AvgIpc) is 2.37. The van der Waals surface area contributed by atoms with Gasteiger partial charge in [0.15, 0.2) is 0 Å². The number of hydrogen-bond acceptors (Lipinski definition) is 3. The number of benzene rings is 1. The number of halogens is 3. The van der Waals surface area contributed by atoms with Gasteiger partial charge in [0.05, 0.1) is 16.8 Å². The molecule has 7 heteroatoms. The van der Waals surface area contributed by atoms with Crippen molar-refractivity contribution in [2.75, 3.05) is 11.9 Å². The predicted octanol–water partition coefficient (Wildman–Crippen LogP) is 3.02. The van der Waals surface area contributed by atoms with Crippen molar-refractivity contribution in [2.45, 2.75) is 13.1 Å². The molecule has 2 N–H and O–H groups in total. The topological polar surface area (TPSA) is 73.1 Å². The summed E-state index contributed by atoms with van der Waals surface area (Å²) in [7, 11) is 0. The molecule has 0 aromatic heterocycles. The highest BCUT2D eigenvalue weighted by Gasteiger charge is 2.30. The number of rotatable bonds is 4. The van der Waals surface area contributed by atoms with Gasteiger partial charge in [0.1, 0.15) is 6.07 Å². The monoisotopic (exact) mass is 284 g/mol. The number of nitrogens with one attached hydrogen (secondary N) is 1. The molecule has 0 spiro atoms. The Hall–Kier alpha value is -2.49. The van der Waals surface area contributed by atoms with E-state index in [1.807, 2.05) is 0 Å². The molecule has 0 aliphatic carbocycles. The molecule has 1 aromatic rings. The minimum atomic E-state index is -4.51. The summed E-state index contributed by atoms with van der Waals surface area (Å²) in [6.07, 6.45) is -3.15. The number of carboxylic acid groups (broad SMARTS) is 1. The van der Waals surface area contributed by atoms with Crippen molar-refractivity contribution in [1.29, 1.82) is 5.26 Å². The Morgan fingerprint density at radius 3 is 2.65 bits per heavy atom. The lowest BCUT2D eigenvalue weighted by molar-refractivity contribution is -0.137. The van der Waals surface area contributed by atoms with Crippen molar-refractivity contribution in [1.82, 2.24) is 0 Å². The van der Waals surface area contributed by atoms with Crippen LogP contribution in [0.4, 0.5) is 18.9 Å². The highest BCUT2D eigenvalue weighted by Crippen LogP contribution is 2.31. The second kappa shape index (κ2) is 6.10. The van der Waals surface area contributed by atoms with E-state index in [-0.39, 0.29) is 23.4 Å². The van der Waals surface area contributed by atoms with Crippen LogP contribution in [0.1, 0.15) is 18.1 Å². The van der Waals surface area contributed by atoms with E-state index in [4.69, 9.17) is 10.4 Å². The van der Waals surface area contributed by atoms with Crippen LogP contribution in [0.3, 0.4) is 0 Å². The largest absolute Gasteiger partial charge is 0.478 e. The second-order valence-electron chi connectivity index (χ2n) is 3.94. The molecular weight excluding hydrogens is 273 g/mol. The van der Waals surface area contributed by atoms with E-state index in [0.29, 0.717) is 0 Å². The van der Waals surface area contributed by atoms with Gasteiger partial charge in [-0.25, -0.2) is 4.79 Å². The SMILES string of the molecule is C/C(=C/CNc1ccc(C(F)(F)F)cc1C#N)C(=O)O. The van der Waals surface area contributed by atoms with E-state index in [0.717, 1.165) is 18.2 Å². The van der Waals surface area contributed by atoms with E-state index in [2.05, 4.69) is 5.32 Å². The Bertz CT molecular complexity index is 586. The summed E-state index contributed by atoms with van der Waals surface area (Å²) in [6.45, 7) is 1.49. The predicted molar refractivity (Wildman–Crippen MR) is 66.0 cm³/mol.